The molecule has 1 atom stereocenters. The van der Waals surface area contributed by atoms with E-state index >= 15 is 4.39 Å². The first-order valence-corrected chi connectivity index (χ1v) is 11.9. The molecule has 1 amide bonds. The maximum Gasteiger partial charge on any atom is 0.342 e. The van der Waals surface area contributed by atoms with E-state index in [1.165, 1.54) is 11.8 Å². The molecular formula is C22H18BrFN4O4S. The summed E-state index contributed by atoms with van der Waals surface area (Å²) in [6.07, 6.45) is 0. The van der Waals surface area contributed by atoms with Gasteiger partial charge in [0.25, 0.3) is 5.91 Å². The van der Waals surface area contributed by atoms with Crippen molar-refractivity contribution in [1.29, 1.82) is 0 Å². The van der Waals surface area contributed by atoms with Crippen molar-refractivity contribution in [1.82, 2.24) is 14.5 Å². The van der Waals surface area contributed by atoms with Crippen molar-refractivity contribution >= 4 is 56.2 Å². The highest BCUT2D eigenvalue weighted by Gasteiger charge is 2.33. The van der Waals surface area contributed by atoms with Gasteiger partial charge in [0.2, 0.25) is 5.43 Å². The Bertz CT molecular complexity index is 1390. The number of piperazine rings is 1. The zero-order valence-corrected chi connectivity index (χ0v) is 19.8. The van der Waals surface area contributed by atoms with Gasteiger partial charge in [0.05, 0.1) is 21.6 Å². The van der Waals surface area contributed by atoms with Gasteiger partial charge < -0.3 is 19.5 Å². The van der Waals surface area contributed by atoms with E-state index in [-0.39, 0.29) is 22.2 Å². The van der Waals surface area contributed by atoms with Crippen molar-refractivity contribution in [2.75, 3.05) is 31.1 Å². The third-order valence-corrected chi connectivity index (χ3v) is 7.55. The monoisotopic (exact) mass is 532 g/mol. The van der Waals surface area contributed by atoms with Crippen LogP contribution >= 0.6 is 27.7 Å². The average Bonchev–Trinajstić information content (AvgIpc) is 2.78. The number of carbonyl (C=O) groups is 2. The van der Waals surface area contributed by atoms with Gasteiger partial charge in [0.15, 0.2) is 0 Å². The molecule has 1 aromatic carbocycles. The van der Waals surface area contributed by atoms with Crippen molar-refractivity contribution in [3.05, 3.63) is 62.2 Å². The van der Waals surface area contributed by atoms with E-state index in [0.29, 0.717) is 52.7 Å². The second kappa shape index (κ2) is 8.14. The van der Waals surface area contributed by atoms with E-state index in [1.807, 2.05) is 11.8 Å². The smallest absolute Gasteiger partial charge is 0.342 e. The lowest BCUT2D eigenvalue weighted by Gasteiger charge is -2.37. The van der Waals surface area contributed by atoms with Crippen molar-refractivity contribution in [2.24, 2.45) is 0 Å². The van der Waals surface area contributed by atoms with E-state index in [0.717, 1.165) is 6.07 Å². The summed E-state index contributed by atoms with van der Waals surface area (Å²) in [5, 5.41) is 9.86. The van der Waals surface area contributed by atoms with Gasteiger partial charge in [-0.05, 0) is 47.1 Å². The normalized spacial score (nSPS) is 17.6. The Balaban J connectivity index is 1.45. The number of halogens is 2. The molecule has 1 fully saturated rings. The fourth-order valence-corrected chi connectivity index (χ4v) is 5.80. The number of anilines is 1. The van der Waals surface area contributed by atoms with Gasteiger partial charge in [-0.15, -0.1) is 0 Å². The van der Waals surface area contributed by atoms with Crippen LogP contribution in [0.25, 0.3) is 10.9 Å². The average molecular weight is 533 g/mol. The SMILES string of the molecule is CC1Sc2c(C(=O)O)c(=O)c3cc(F)c(N4CCN(C(=O)c5cccc(Br)n5)CC4)cc3n21. The first-order valence-electron chi connectivity index (χ1n) is 10.2. The molecule has 0 spiro atoms. The van der Waals surface area contributed by atoms with Gasteiger partial charge >= 0.3 is 5.97 Å². The Labute approximate surface area is 200 Å². The van der Waals surface area contributed by atoms with Crippen LogP contribution in [-0.4, -0.2) is 57.6 Å². The molecule has 0 bridgehead atoms. The van der Waals surface area contributed by atoms with E-state index in [2.05, 4.69) is 20.9 Å². The summed E-state index contributed by atoms with van der Waals surface area (Å²) >= 11 is 4.58. The van der Waals surface area contributed by atoms with E-state index in [1.54, 1.807) is 33.7 Å². The number of nitrogens with zero attached hydrogens (tertiary/aromatic N) is 4. The second-order valence-electron chi connectivity index (χ2n) is 7.85. The predicted molar refractivity (Wildman–Crippen MR) is 126 cm³/mol. The van der Waals surface area contributed by atoms with Crippen LogP contribution in [-0.2, 0) is 0 Å². The summed E-state index contributed by atoms with van der Waals surface area (Å²) < 4.78 is 17.4. The highest BCUT2D eigenvalue weighted by Crippen LogP contribution is 2.46. The zero-order chi connectivity index (χ0) is 23.4. The van der Waals surface area contributed by atoms with Crippen LogP contribution in [0.4, 0.5) is 10.1 Å². The van der Waals surface area contributed by atoms with Crippen LogP contribution in [0.1, 0.15) is 33.1 Å². The Kier molecular flexibility index (Phi) is 5.40. The Morgan fingerprint density at radius 3 is 2.58 bits per heavy atom. The number of aromatic nitrogens is 2. The zero-order valence-electron chi connectivity index (χ0n) is 17.4. The van der Waals surface area contributed by atoms with Gasteiger partial charge in [-0.1, -0.05) is 17.8 Å². The van der Waals surface area contributed by atoms with Crippen molar-refractivity contribution in [3.8, 4) is 0 Å². The van der Waals surface area contributed by atoms with E-state index in [9.17, 15) is 19.5 Å². The van der Waals surface area contributed by atoms with E-state index < -0.39 is 17.2 Å². The van der Waals surface area contributed by atoms with Gasteiger partial charge in [0.1, 0.15) is 21.7 Å². The Morgan fingerprint density at radius 2 is 1.94 bits per heavy atom. The van der Waals surface area contributed by atoms with Crippen LogP contribution in [0.3, 0.4) is 0 Å². The van der Waals surface area contributed by atoms with Gasteiger partial charge in [-0.3, -0.25) is 9.59 Å². The third kappa shape index (κ3) is 3.59. The summed E-state index contributed by atoms with van der Waals surface area (Å²) in [4.78, 5) is 44.9. The molecule has 3 aromatic rings. The van der Waals surface area contributed by atoms with Crippen molar-refractivity contribution in [3.63, 3.8) is 0 Å². The summed E-state index contributed by atoms with van der Waals surface area (Å²) in [5.41, 5.74) is 0.196. The molecule has 5 rings (SSSR count). The molecule has 0 radical (unpaired) electrons. The molecule has 1 N–H and O–H groups in total. The molecule has 8 nitrogen and oxygen atoms in total. The summed E-state index contributed by atoms with van der Waals surface area (Å²) in [5.74, 6) is -2.09. The summed E-state index contributed by atoms with van der Waals surface area (Å²) in [6, 6.07) is 7.90. The topological polar surface area (TPSA) is 95.7 Å². The van der Waals surface area contributed by atoms with Gasteiger partial charge in [-0.2, -0.15) is 0 Å². The third-order valence-electron chi connectivity index (χ3n) is 5.93. The summed E-state index contributed by atoms with van der Waals surface area (Å²) in [6.45, 7) is 3.52. The van der Waals surface area contributed by atoms with Gasteiger partial charge in [0, 0.05) is 31.6 Å². The fraction of sp³-hybridized carbons (Fsp3) is 0.273. The largest absolute Gasteiger partial charge is 0.477 e. The quantitative estimate of drug-likeness (QED) is 0.515. The lowest BCUT2D eigenvalue weighted by Crippen LogP contribution is -2.49. The molecule has 4 heterocycles. The lowest BCUT2D eigenvalue weighted by atomic mass is 10.1. The number of rotatable bonds is 3. The number of aromatic carboxylic acids is 1. The number of thioether (sulfide) groups is 1. The number of carbonyl (C=O) groups excluding carboxylic acids is 1. The molecule has 2 aliphatic rings. The highest BCUT2D eigenvalue weighted by atomic mass is 79.9. The van der Waals surface area contributed by atoms with Crippen molar-refractivity contribution in [2.45, 2.75) is 17.3 Å². The molecule has 0 aliphatic carbocycles. The maximum atomic E-state index is 15.1. The number of hydrogen-bond donors (Lipinski definition) is 1. The van der Waals surface area contributed by atoms with Crippen LogP contribution < -0.4 is 10.3 Å². The maximum absolute atomic E-state index is 15.1. The Morgan fingerprint density at radius 1 is 1.21 bits per heavy atom. The second-order valence-corrected chi connectivity index (χ2v) is 9.96. The number of fused-ring (bicyclic) bond motifs is 3. The van der Waals surface area contributed by atoms with Crippen LogP contribution in [0.15, 0.2) is 44.8 Å². The minimum absolute atomic E-state index is 0.0547. The number of carboxylic acids is 1. The molecular weight excluding hydrogens is 515 g/mol. The number of carboxylic acid groups (broad SMARTS) is 1. The molecule has 1 unspecified atom stereocenters. The fourth-order valence-electron chi connectivity index (χ4n) is 4.31. The van der Waals surface area contributed by atoms with E-state index in [4.69, 9.17) is 0 Å². The first-order chi connectivity index (χ1) is 15.8. The minimum Gasteiger partial charge on any atom is -0.477 e. The summed E-state index contributed by atoms with van der Waals surface area (Å²) in [7, 11) is 0. The predicted octanol–water partition coefficient (Wildman–Crippen LogP) is 3.58. The number of amides is 1. The lowest BCUT2D eigenvalue weighted by molar-refractivity contribution is 0.0687. The Hall–Kier alpha value is -2.92. The van der Waals surface area contributed by atoms with Crippen LogP contribution in [0.5, 0.6) is 0 Å². The minimum atomic E-state index is -1.31. The molecule has 2 aliphatic heterocycles. The number of pyridine rings is 2. The molecule has 2 aromatic heterocycles. The first kappa shape index (κ1) is 21.9. The van der Waals surface area contributed by atoms with Crippen LogP contribution in [0, 0.1) is 5.82 Å². The van der Waals surface area contributed by atoms with Crippen molar-refractivity contribution < 1.29 is 19.1 Å². The number of benzene rings is 1. The van der Waals surface area contributed by atoms with Crippen LogP contribution in [0.2, 0.25) is 0 Å². The molecule has 33 heavy (non-hydrogen) atoms. The number of hydrogen-bond acceptors (Lipinski definition) is 6. The molecule has 1 saturated heterocycles. The molecule has 0 saturated carbocycles. The molecule has 170 valence electrons. The van der Waals surface area contributed by atoms with Gasteiger partial charge in [-0.25, -0.2) is 14.2 Å². The molecule has 11 heteroatoms. The standard InChI is InChI=1S/C22H18BrFN4O4S/c1-11-28-15-10-16(13(24)9-12(15)19(29)18(22(31)32)21(28)33-11)26-5-7-27(8-6-26)20(30)14-3-2-4-17(23)25-14/h2-4,9-11H,5-8H2,1H3,(H,31,32). The highest BCUT2D eigenvalue weighted by molar-refractivity contribution is 9.10.